The van der Waals surface area contributed by atoms with Gasteiger partial charge in [0.2, 0.25) is 0 Å². The van der Waals surface area contributed by atoms with E-state index in [-0.39, 0.29) is 10.8 Å². The molecule has 1 heterocycles. The van der Waals surface area contributed by atoms with E-state index >= 15 is 0 Å². The van der Waals surface area contributed by atoms with Gasteiger partial charge in [-0.3, -0.25) is 0 Å². The number of benzene rings is 4. The van der Waals surface area contributed by atoms with Gasteiger partial charge in [-0.05, 0) is 147 Å². The Hall–Kier alpha value is -3.94. The minimum absolute atomic E-state index is 0.0851. The molecule has 3 nitrogen and oxygen atoms in total. The van der Waals surface area contributed by atoms with Crippen LogP contribution in [0.25, 0.3) is 44.8 Å². The maximum atomic E-state index is 12.8. The summed E-state index contributed by atoms with van der Waals surface area (Å²) in [6.45, 7) is 14.9. The zero-order chi connectivity index (χ0) is 45.6. The standard InChI is InChI=1S/C61H77NO2Si2/c1-7-9-22-65(3,4)46-30-52(58(63)54(32-46)60-34-40-24-41(35-60)26-42(25-40)36-60)48-16-11-13-18-50(48)56-20-15-21-57(62-56)51-19-14-12-17-49(51)53-31-47(66(5,6)23-10-8-2)33-55(59(53)64)61-37-43-27-44(38-61)29-45(28-43)39-61/h11-21,30-33,40-45,63-64H,7-10,22-29,34-39H2,1-6H3. The molecule has 13 rings (SSSR count). The molecular formula is C61H77NO2Si2. The Kier molecular flexibility index (Phi) is 11.4. The molecule has 4 aromatic carbocycles. The SMILES string of the molecule is CCCC[Si](C)(C)c1cc(-c2ccccc2-c2cccc(-c3ccccc3-c3cc([Si](C)(C)CCCC)cc(C45CC6CC(CC(C6)C4)C5)c3O)n2)c(O)c(C23CC4CC(CC(C4)C2)C3)c1. The predicted octanol–water partition coefficient (Wildman–Crippen LogP) is 15.5. The third-order valence-electron chi connectivity index (χ3n) is 19.0. The van der Waals surface area contributed by atoms with Crippen LogP contribution in [0.1, 0.15) is 128 Å². The quantitative estimate of drug-likeness (QED) is 0.109. The summed E-state index contributed by atoms with van der Waals surface area (Å²) in [6, 6.07) is 36.4. The van der Waals surface area contributed by atoms with Crippen LogP contribution in [0.15, 0.2) is 91.0 Å². The summed E-state index contributed by atoms with van der Waals surface area (Å²) in [5.41, 5.74) is 10.8. The van der Waals surface area contributed by atoms with E-state index < -0.39 is 16.1 Å². The smallest absolute Gasteiger partial charge is 0.127 e. The van der Waals surface area contributed by atoms with Crippen molar-refractivity contribution in [1.82, 2.24) is 4.98 Å². The minimum atomic E-state index is -1.82. The van der Waals surface area contributed by atoms with Crippen LogP contribution in [0.3, 0.4) is 0 Å². The second-order valence-electron chi connectivity index (χ2n) is 24.7. The van der Waals surface area contributed by atoms with Gasteiger partial charge in [0.05, 0.1) is 27.5 Å². The number of pyridine rings is 1. The van der Waals surface area contributed by atoms with Crippen molar-refractivity contribution in [3.05, 3.63) is 102 Å². The van der Waals surface area contributed by atoms with E-state index in [0.29, 0.717) is 11.5 Å². The maximum Gasteiger partial charge on any atom is 0.127 e. The highest BCUT2D eigenvalue weighted by Crippen LogP contribution is 2.64. The predicted molar refractivity (Wildman–Crippen MR) is 283 cm³/mol. The molecule has 66 heavy (non-hydrogen) atoms. The van der Waals surface area contributed by atoms with Crippen molar-refractivity contribution in [2.24, 2.45) is 35.5 Å². The Morgan fingerprint density at radius 1 is 0.455 bits per heavy atom. The summed E-state index contributed by atoms with van der Waals surface area (Å²) < 4.78 is 0. The molecule has 0 unspecified atom stereocenters. The molecule has 0 atom stereocenters. The third-order valence-corrected chi connectivity index (χ3v) is 26.0. The average Bonchev–Trinajstić information content (AvgIpc) is 3.29. The van der Waals surface area contributed by atoms with Crippen LogP contribution < -0.4 is 10.4 Å². The van der Waals surface area contributed by atoms with E-state index in [1.54, 1.807) is 0 Å². The average molecular weight is 912 g/mol. The molecule has 0 radical (unpaired) electrons. The maximum absolute atomic E-state index is 12.8. The summed E-state index contributed by atoms with van der Waals surface area (Å²) in [5, 5.41) is 28.7. The number of phenolic OH excluding ortho intramolecular Hbond substituents is 2. The lowest BCUT2D eigenvalue weighted by Gasteiger charge is -2.57. The van der Waals surface area contributed by atoms with Gasteiger partial charge in [0, 0.05) is 33.4 Å². The van der Waals surface area contributed by atoms with Gasteiger partial charge in [-0.15, -0.1) is 0 Å². The summed E-state index contributed by atoms with van der Waals surface area (Å²) in [5.74, 6) is 5.86. The number of unbranched alkanes of at least 4 members (excludes halogenated alkanes) is 2. The lowest BCUT2D eigenvalue weighted by atomic mass is 9.48. The normalized spacial score (nSPS) is 28.6. The highest BCUT2D eigenvalue weighted by molar-refractivity contribution is 6.90. The van der Waals surface area contributed by atoms with Crippen molar-refractivity contribution >= 4 is 26.5 Å². The molecule has 1 aromatic heterocycles. The molecule has 0 saturated heterocycles. The second-order valence-corrected chi connectivity index (χ2v) is 34.4. The van der Waals surface area contributed by atoms with Crippen LogP contribution in [-0.4, -0.2) is 31.3 Å². The van der Waals surface area contributed by atoms with Crippen molar-refractivity contribution < 1.29 is 10.2 Å². The van der Waals surface area contributed by atoms with E-state index in [1.165, 1.54) is 136 Å². The van der Waals surface area contributed by atoms with Gasteiger partial charge in [0.1, 0.15) is 11.5 Å². The molecule has 346 valence electrons. The van der Waals surface area contributed by atoms with Gasteiger partial charge in [-0.2, -0.15) is 0 Å². The van der Waals surface area contributed by atoms with Gasteiger partial charge in [0.25, 0.3) is 0 Å². The zero-order valence-electron chi connectivity index (χ0n) is 41.2. The van der Waals surface area contributed by atoms with Crippen molar-refractivity contribution in [1.29, 1.82) is 0 Å². The molecule has 8 aliphatic carbocycles. The lowest BCUT2D eigenvalue weighted by Crippen LogP contribution is -2.49. The fraction of sp³-hybridized carbons (Fsp3) is 0.525. The number of hydrogen-bond acceptors (Lipinski definition) is 3. The number of nitrogens with zero attached hydrogens (tertiary/aromatic N) is 1. The molecule has 8 aliphatic rings. The first-order valence-corrected chi connectivity index (χ1v) is 33.1. The molecule has 0 amide bonds. The molecular weight excluding hydrogens is 835 g/mol. The highest BCUT2D eigenvalue weighted by atomic mass is 28.3. The summed E-state index contributed by atoms with van der Waals surface area (Å²) in [6.07, 6.45) is 20.7. The molecule has 5 heteroatoms. The first-order chi connectivity index (χ1) is 31.8. The van der Waals surface area contributed by atoms with Gasteiger partial charge >= 0.3 is 0 Å². The Labute approximate surface area is 399 Å². The second kappa shape index (κ2) is 16.9. The Morgan fingerprint density at radius 2 is 0.788 bits per heavy atom. The van der Waals surface area contributed by atoms with E-state index in [9.17, 15) is 10.2 Å². The molecule has 8 fully saturated rings. The number of aromatic nitrogens is 1. The first-order valence-electron chi connectivity index (χ1n) is 26.7. The fourth-order valence-corrected chi connectivity index (χ4v) is 21.5. The molecule has 0 aliphatic heterocycles. The van der Waals surface area contributed by atoms with Crippen LogP contribution in [0, 0.1) is 35.5 Å². The van der Waals surface area contributed by atoms with E-state index in [1.807, 2.05) is 0 Å². The van der Waals surface area contributed by atoms with Crippen LogP contribution >= 0.6 is 0 Å². The van der Waals surface area contributed by atoms with Crippen LogP contribution in [0.4, 0.5) is 0 Å². The number of rotatable bonds is 14. The minimum Gasteiger partial charge on any atom is -0.507 e. The topological polar surface area (TPSA) is 53.4 Å². The van der Waals surface area contributed by atoms with Crippen LogP contribution in [0.5, 0.6) is 11.5 Å². The Balaban J connectivity index is 1.03. The van der Waals surface area contributed by atoms with Crippen molar-refractivity contribution in [3.63, 3.8) is 0 Å². The van der Waals surface area contributed by atoms with Gasteiger partial charge in [-0.1, -0.05) is 167 Å². The van der Waals surface area contributed by atoms with Crippen molar-refractivity contribution in [2.45, 2.75) is 166 Å². The largest absolute Gasteiger partial charge is 0.507 e. The molecule has 5 aromatic rings. The van der Waals surface area contributed by atoms with Crippen molar-refractivity contribution in [2.75, 3.05) is 0 Å². The summed E-state index contributed by atoms with van der Waals surface area (Å²) in [7, 11) is -3.64. The van der Waals surface area contributed by atoms with E-state index in [0.717, 1.165) is 80.3 Å². The summed E-state index contributed by atoms with van der Waals surface area (Å²) >= 11 is 0. The number of phenols is 2. The Bertz CT molecular complexity index is 2390. The lowest BCUT2D eigenvalue weighted by molar-refractivity contribution is -0.00621. The number of hydrogen-bond donors (Lipinski definition) is 2. The molecule has 8 saturated carbocycles. The molecule has 2 N–H and O–H groups in total. The third kappa shape index (κ3) is 7.78. The van der Waals surface area contributed by atoms with E-state index in [2.05, 4.69) is 131 Å². The summed E-state index contributed by atoms with van der Waals surface area (Å²) in [4.78, 5) is 5.58. The van der Waals surface area contributed by atoms with Gasteiger partial charge in [-0.25, -0.2) is 4.98 Å². The van der Waals surface area contributed by atoms with Crippen molar-refractivity contribution in [3.8, 4) is 56.3 Å². The first kappa shape index (κ1) is 44.6. The van der Waals surface area contributed by atoms with Crippen LogP contribution in [0.2, 0.25) is 38.3 Å². The highest BCUT2D eigenvalue weighted by Gasteiger charge is 2.54. The zero-order valence-corrected chi connectivity index (χ0v) is 43.2. The number of aromatic hydroxyl groups is 2. The molecule has 8 bridgehead atoms. The van der Waals surface area contributed by atoms with Gasteiger partial charge in [0.15, 0.2) is 0 Å². The fourth-order valence-electron chi connectivity index (χ4n) is 16.3. The monoisotopic (exact) mass is 912 g/mol. The molecule has 0 spiro atoms. The Morgan fingerprint density at radius 3 is 1.12 bits per heavy atom. The van der Waals surface area contributed by atoms with E-state index in [4.69, 9.17) is 4.98 Å². The van der Waals surface area contributed by atoms with Crippen LogP contribution in [-0.2, 0) is 10.8 Å². The van der Waals surface area contributed by atoms with Gasteiger partial charge < -0.3 is 10.2 Å².